The van der Waals surface area contributed by atoms with Crippen LogP contribution < -0.4 is 5.32 Å². The van der Waals surface area contributed by atoms with Crippen molar-refractivity contribution in [2.24, 2.45) is 0 Å². The second-order valence-corrected chi connectivity index (χ2v) is 4.84. The lowest BCUT2D eigenvalue weighted by molar-refractivity contribution is -0.137. The van der Waals surface area contributed by atoms with Gasteiger partial charge in [-0.3, -0.25) is 14.7 Å². The van der Waals surface area contributed by atoms with Crippen LogP contribution in [0, 0.1) is 0 Å². The summed E-state index contributed by atoms with van der Waals surface area (Å²) in [6, 6.07) is 11.0. The van der Waals surface area contributed by atoms with Gasteiger partial charge in [0.05, 0.1) is 5.69 Å². The maximum absolute atomic E-state index is 12.0. The average Bonchev–Trinajstić information content (AvgIpc) is 2.96. The Morgan fingerprint density at radius 2 is 2.05 bits per heavy atom. The Hall–Kier alpha value is -2.63. The number of nitrogens with zero attached hydrogens (tertiary/aromatic N) is 1. The van der Waals surface area contributed by atoms with E-state index in [2.05, 4.69) is 15.5 Å². The van der Waals surface area contributed by atoms with Gasteiger partial charge in [-0.05, 0) is 19.4 Å². The summed E-state index contributed by atoms with van der Waals surface area (Å²) in [6.45, 7) is 1.77. The second-order valence-electron chi connectivity index (χ2n) is 4.84. The number of amides is 1. The number of benzene rings is 1. The van der Waals surface area contributed by atoms with Crippen molar-refractivity contribution in [1.29, 1.82) is 0 Å². The Bertz CT molecular complexity index is 622. The van der Waals surface area contributed by atoms with Crippen molar-refractivity contribution >= 4 is 11.9 Å². The molecule has 0 spiro atoms. The Kier molecular flexibility index (Phi) is 4.71. The number of hydrogen-bond acceptors (Lipinski definition) is 3. The quantitative estimate of drug-likeness (QED) is 0.757. The average molecular weight is 287 g/mol. The molecule has 0 aliphatic rings. The number of H-pyrrole nitrogens is 1. The van der Waals surface area contributed by atoms with Crippen molar-refractivity contribution in [3.05, 3.63) is 42.1 Å². The van der Waals surface area contributed by atoms with Gasteiger partial charge >= 0.3 is 5.97 Å². The topological polar surface area (TPSA) is 95.1 Å². The van der Waals surface area contributed by atoms with Crippen LogP contribution in [0.4, 0.5) is 0 Å². The molecule has 0 saturated heterocycles. The lowest BCUT2D eigenvalue weighted by Crippen LogP contribution is -2.33. The van der Waals surface area contributed by atoms with Gasteiger partial charge in [0.1, 0.15) is 5.69 Å². The third-order valence-electron chi connectivity index (χ3n) is 3.06. The van der Waals surface area contributed by atoms with Gasteiger partial charge in [-0.25, -0.2) is 0 Å². The third-order valence-corrected chi connectivity index (χ3v) is 3.06. The van der Waals surface area contributed by atoms with Crippen LogP contribution in [0.1, 0.15) is 30.3 Å². The molecule has 1 atom stereocenters. The van der Waals surface area contributed by atoms with Gasteiger partial charge in [0, 0.05) is 18.0 Å². The second kappa shape index (κ2) is 6.69. The predicted molar refractivity (Wildman–Crippen MR) is 77.8 cm³/mol. The first-order valence-electron chi connectivity index (χ1n) is 6.69. The summed E-state index contributed by atoms with van der Waals surface area (Å²) >= 11 is 0. The largest absolute Gasteiger partial charge is 0.481 e. The number of aromatic nitrogens is 2. The van der Waals surface area contributed by atoms with Crippen molar-refractivity contribution in [2.45, 2.75) is 25.8 Å². The van der Waals surface area contributed by atoms with Crippen LogP contribution in [-0.2, 0) is 4.79 Å². The number of aliphatic carboxylic acids is 1. The van der Waals surface area contributed by atoms with E-state index in [0.717, 1.165) is 5.56 Å². The highest BCUT2D eigenvalue weighted by Crippen LogP contribution is 2.16. The van der Waals surface area contributed by atoms with Crippen LogP contribution >= 0.6 is 0 Å². The molecule has 3 N–H and O–H groups in total. The summed E-state index contributed by atoms with van der Waals surface area (Å²) in [5.74, 6) is -1.16. The molecule has 1 aromatic heterocycles. The molecule has 0 bridgehead atoms. The summed E-state index contributed by atoms with van der Waals surface area (Å²) < 4.78 is 0. The zero-order chi connectivity index (χ0) is 15.2. The van der Waals surface area contributed by atoms with E-state index in [1.165, 1.54) is 0 Å². The lowest BCUT2D eigenvalue weighted by atomic mass is 10.1. The molecule has 1 aromatic carbocycles. The molecule has 6 heteroatoms. The van der Waals surface area contributed by atoms with Crippen LogP contribution in [-0.4, -0.2) is 33.2 Å². The number of carbonyl (C=O) groups is 2. The maximum atomic E-state index is 12.0. The molecule has 0 radical (unpaired) electrons. The molecule has 0 aliphatic heterocycles. The lowest BCUT2D eigenvalue weighted by Gasteiger charge is -2.11. The summed E-state index contributed by atoms with van der Waals surface area (Å²) in [7, 11) is 0. The van der Waals surface area contributed by atoms with Crippen LogP contribution in [0.3, 0.4) is 0 Å². The highest BCUT2D eigenvalue weighted by molar-refractivity contribution is 5.93. The van der Waals surface area contributed by atoms with E-state index in [4.69, 9.17) is 5.11 Å². The van der Waals surface area contributed by atoms with Crippen molar-refractivity contribution in [2.75, 3.05) is 0 Å². The van der Waals surface area contributed by atoms with Gasteiger partial charge < -0.3 is 10.4 Å². The van der Waals surface area contributed by atoms with Crippen LogP contribution in [0.25, 0.3) is 11.3 Å². The summed E-state index contributed by atoms with van der Waals surface area (Å²) in [5, 5.41) is 18.2. The first-order valence-corrected chi connectivity index (χ1v) is 6.69. The summed E-state index contributed by atoms with van der Waals surface area (Å²) in [4.78, 5) is 22.5. The van der Waals surface area contributed by atoms with Crippen molar-refractivity contribution < 1.29 is 14.7 Å². The fourth-order valence-electron chi connectivity index (χ4n) is 1.91. The van der Waals surface area contributed by atoms with Gasteiger partial charge in [0.15, 0.2) is 0 Å². The highest BCUT2D eigenvalue weighted by atomic mass is 16.4. The molecule has 1 heterocycles. The minimum Gasteiger partial charge on any atom is -0.481 e. The van der Waals surface area contributed by atoms with Gasteiger partial charge in [-0.15, -0.1) is 0 Å². The number of carboxylic acid groups (broad SMARTS) is 1. The third kappa shape index (κ3) is 4.17. The normalized spacial score (nSPS) is 11.9. The number of hydrogen-bond donors (Lipinski definition) is 3. The number of aromatic amines is 1. The van der Waals surface area contributed by atoms with E-state index in [0.29, 0.717) is 17.8 Å². The zero-order valence-electron chi connectivity index (χ0n) is 11.7. The molecule has 0 fully saturated rings. The number of carboxylic acids is 1. The first-order chi connectivity index (χ1) is 10.1. The Balaban J connectivity index is 1.98. The molecule has 2 aromatic rings. The van der Waals surface area contributed by atoms with E-state index in [-0.39, 0.29) is 18.4 Å². The molecule has 1 unspecified atom stereocenters. The van der Waals surface area contributed by atoms with Crippen molar-refractivity contribution in [1.82, 2.24) is 15.5 Å². The Labute approximate surface area is 122 Å². The summed E-state index contributed by atoms with van der Waals surface area (Å²) in [5.41, 5.74) is 1.97. The molecule has 6 nitrogen and oxygen atoms in total. The minimum atomic E-state index is -0.871. The van der Waals surface area contributed by atoms with Crippen molar-refractivity contribution in [3.63, 3.8) is 0 Å². The molecule has 0 saturated carbocycles. The Morgan fingerprint density at radius 3 is 2.71 bits per heavy atom. The fraction of sp³-hybridized carbons (Fsp3) is 0.267. The van der Waals surface area contributed by atoms with E-state index in [1.807, 2.05) is 30.3 Å². The molecule has 110 valence electrons. The van der Waals surface area contributed by atoms with Gasteiger partial charge in [-0.2, -0.15) is 5.10 Å². The molecular weight excluding hydrogens is 270 g/mol. The Morgan fingerprint density at radius 1 is 1.33 bits per heavy atom. The number of carbonyl (C=O) groups excluding carboxylic acids is 1. The predicted octanol–water partition coefficient (Wildman–Crippen LogP) is 2.06. The van der Waals surface area contributed by atoms with E-state index in [9.17, 15) is 9.59 Å². The summed E-state index contributed by atoms with van der Waals surface area (Å²) in [6.07, 6.45) is 0.417. The molecule has 1 amide bonds. The molecule has 0 aliphatic carbocycles. The maximum Gasteiger partial charge on any atom is 0.303 e. The molecular formula is C15H17N3O3. The van der Waals surface area contributed by atoms with Crippen molar-refractivity contribution in [3.8, 4) is 11.3 Å². The van der Waals surface area contributed by atoms with E-state index in [1.54, 1.807) is 13.0 Å². The molecule has 21 heavy (non-hydrogen) atoms. The fourth-order valence-corrected chi connectivity index (χ4v) is 1.91. The van der Waals surface area contributed by atoms with Crippen LogP contribution in [0.2, 0.25) is 0 Å². The highest BCUT2D eigenvalue weighted by Gasteiger charge is 2.14. The smallest absolute Gasteiger partial charge is 0.303 e. The van der Waals surface area contributed by atoms with Gasteiger partial charge in [0.2, 0.25) is 0 Å². The minimum absolute atomic E-state index is 0.0275. The standard InChI is InChI=1S/C15H17N3O3/c1-10(7-8-14(19)20)16-15(21)13-9-12(17-18-13)11-5-3-2-4-6-11/h2-6,9-10H,7-8H2,1H3,(H,16,21)(H,17,18)(H,19,20). The van der Waals surface area contributed by atoms with Crippen LogP contribution in [0.5, 0.6) is 0 Å². The SMILES string of the molecule is CC(CCC(=O)O)NC(=O)c1cc(-c2ccccc2)n[nH]1. The monoisotopic (exact) mass is 287 g/mol. The van der Waals surface area contributed by atoms with Gasteiger partial charge in [0.25, 0.3) is 5.91 Å². The zero-order valence-corrected chi connectivity index (χ0v) is 11.7. The van der Waals surface area contributed by atoms with Gasteiger partial charge in [-0.1, -0.05) is 30.3 Å². The van der Waals surface area contributed by atoms with E-state index >= 15 is 0 Å². The number of rotatable bonds is 6. The van der Waals surface area contributed by atoms with E-state index < -0.39 is 5.97 Å². The van der Waals surface area contributed by atoms with Crippen LogP contribution in [0.15, 0.2) is 36.4 Å². The first kappa shape index (κ1) is 14.8. The molecule has 2 rings (SSSR count). The number of nitrogens with one attached hydrogen (secondary N) is 2.